The number of aromatic nitrogens is 5. The highest BCUT2D eigenvalue weighted by molar-refractivity contribution is 5.94. The minimum Gasteiger partial charge on any atom is -0.352 e. The number of carbonyl (C=O) groups is 1. The van der Waals surface area contributed by atoms with Gasteiger partial charge in [-0.15, -0.1) is 10.2 Å². The molecule has 7 heteroatoms. The van der Waals surface area contributed by atoms with Gasteiger partial charge in [0.1, 0.15) is 12.2 Å². The summed E-state index contributed by atoms with van der Waals surface area (Å²) in [4.78, 5) is 16.9. The second kappa shape index (κ2) is 7.20. The van der Waals surface area contributed by atoms with Crippen LogP contribution < -0.4 is 5.32 Å². The van der Waals surface area contributed by atoms with Gasteiger partial charge in [-0.05, 0) is 48.5 Å². The molecule has 0 radical (unpaired) electrons. The van der Waals surface area contributed by atoms with E-state index in [0.717, 1.165) is 28.2 Å². The van der Waals surface area contributed by atoms with E-state index in [1.165, 1.54) is 0 Å². The molecule has 0 atom stereocenters. The van der Waals surface area contributed by atoms with E-state index in [1.54, 1.807) is 6.33 Å². The number of fused-ring (bicyclic) bond motifs is 2. The van der Waals surface area contributed by atoms with Crippen molar-refractivity contribution in [1.82, 2.24) is 29.5 Å². The smallest absolute Gasteiger partial charge is 0.251 e. The Morgan fingerprint density at radius 3 is 2.66 bits per heavy atom. The lowest BCUT2D eigenvalue weighted by atomic mass is 10.2. The lowest BCUT2D eigenvalue weighted by Gasteiger charge is -2.07. The fourth-order valence-corrected chi connectivity index (χ4v) is 3.39. The molecule has 0 saturated heterocycles. The summed E-state index contributed by atoms with van der Waals surface area (Å²) >= 11 is 0. The number of pyridine rings is 1. The van der Waals surface area contributed by atoms with Gasteiger partial charge in [0.15, 0.2) is 5.65 Å². The van der Waals surface area contributed by atoms with Gasteiger partial charge in [-0.3, -0.25) is 13.8 Å². The van der Waals surface area contributed by atoms with E-state index in [4.69, 9.17) is 0 Å². The number of para-hydroxylation sites is 2. The summed E-state index contributed by atoms with van der Waals surface area (Å²) in [6.07, 6.45) is 4.32. The third-order valence-electron chi connectivity index (χ3n) is 4.88. The molecule has 0 spiro atoms. The summed E-state index contributed by atoms with van der Waals surface area (Å²) < 4.78 is 3.93. The van der Waals surface area contributed by atoms with Gasteiger partial charge in [0, 0.05) is 30.4 Å². The van der Waals surface area contributed by atoms with E-state index >= 15 is 0 Å². The first-order valence-corrected chi connectivity index (χ1v) is 9.39. The van der Waals surface area contributed by atoms with Crippen molar-refractivity contribution in [2.75, 3.05) is 6.54 Å². The zero-order valence-electron chi connectivity index (χ0n) is 15.6. The van der Waals surface area contributed by atoms with Crippen LogP contribution in [0.3, 0.4) is 0 Å². The van der Waals surface area contributed by atoms with Crippen LogP contribution >= 0.6 is 0 Å². The average Bonchev–Trinajstić information content (AvgIpc) is 3.38. The van der Waals surface area contributed by atoms with Gasteiger partial charge in [-0.2, -0.15) is 0 Å². The lowest BCUT2D eigenvalue weighted by Crippen LogP contribution is -2.26. The van der Waals surface area contributed by atoms with Crippen molar-refractivity contribution in [1.29, 1.82) is 0 Å². The lowest BCUT2D eigenvalue weighted by molar-refractivity contribution is 0.0954. The second-order valence-electron chi connectivity index (χ2n) is 6.70. The van der Waals surface area contributed by atoms with Gasteiger partial charge in [0.2, 0.25) is 0 Å². The van der Waals surface area contributed by atoms with E-state index < -0.39 is 0 Å². The van der Waals surface area contributed by atoms with Gasteiger partial charge < -0.3 is 5.32 Å². The molecule has 29 heavy (non-hydrogen) atoms. The number of carbonyl (C=O) groups excluding carboxylic acids is 1. The van der Waals surface area contributed by atoms with Crippen molar-refractivity contribution in [3.63, 3.8) is 0 Å². The van der Waals surface area contributed by atoms with Gasteiger partial charge in [0.05, 0.1) is 11.0 Å². The Hall–Kier alpha value is -4.00. The first-order valence-electron chi connectivity index (χ1n) is 9.39. The Kier molecular flexibility index (Phi) is 4.25. The normalized spacial score (nSPS) is 11.2. The van der Waals surface area contributed by atoms with Crippen LogP contribution in [0, 0.1) is 0 Å². The molecular weight excluding hydrogens is 364 g/mol. The quantitative estimate of drug-likeness (QED) is 0.507. The van der Waals surface area contributed by atoms with Crippen molar-refractivity contribution in [3.05, 3.63) is 90.6 Å². The third-order valence-corrected chi connectivity index (χ3v) is 4.88. The Labute approximate surface area is 166 Å². The molecule has 1 N–H and O–H groups in total. The predicted octanol–water partition coefficient (Wildman–Crippen LogP) is 3.04. The van der Waals surface area contributed by atoms with Crippen LogP contribution in [0.2, 0.25) is 0 Å². The Morgan fingerprint density at radius 1 is 0.931 bits per heavy atom. The van der Waals surface area contributed by atoms with Crippen molar-refractivity contribution >= 4 is 22.6 Å². The second-order valence-corrected chi connectivity index (χ2v) is 6.70. The third kappa shape index (κ3) is 3.23. The molecule has 3 heterocycles. The number of benzene rings is 2. The summed E-state index contributed by atoms with van der Waals surface area (Å²) in [5.74, 6) is 0.712. The highest BCUT2D eigenvalue weighted by atomic mass is 16.1. The molecule has 0 aliphatic carbocycles. The zero-order valence-corrected chi connectivity index (χ0v) is 15.6. The molecule has 0 saturated carbocycles. The number of hydrogen-bond donors (Lipinski definition) is 1. The molecule has 3 aromatic heterocycles. The minimum absolute atomic E-state index is 0.110. The molecule has 1 amide bonds. The highest BCUT2D eigenvalue weighted by Gasteiger charge is 2.09. The topological polar surface area (TPSA) is 77.1 Å². The van der Waals surface area contributed by atoms with E-state index in [9.17, 15) is 4.79 Å². The maximum atomic E-state index is 12.5. The number of nitrogens with one attached hydrogen (secondary N) is 1. The molecule has 0 aliphatic rings. The van der Waals surface area contributed by atoms with E-state index in [2.05, 4.69) is 20.5 Å². The number of amides is 1. The molecule has 0 aliphatic heterocycles. The summed E-state index contributed by atoms with van der Waals surface area (Å²) in [6, 6.07) is 21.2. The van der Waals surface area contributed by atoms with Crippen LogP contribution in [0.1, 0.15) is 16.2 Å². The van der Waals surface area contributed by atoms with Crippen molar-refractivity contribution in [2.45, 2.75) is 6.42 Å². The molecule has 0 fully saturated rings. The summed E-state index contributed by atoms with van der Waals surface area (Å²) in [5.41, 5.74) is 4.35. The standard InChI is InChI=1S/C22H18N6O/c29-22(23-13-12-21-26-25-20-7-3-4-14-27(20)21)16-8-10-17(11-9-16)28-15-24-18-5-1-2-6-19(18)28/h1-11,14-15H,12-13H2,(H,23,29). The van der Waals surface area contributed by atoms with Crippen LogP contribution in [0.4, 0.5) is 0 Å². The van der Waals surface area contributed by atoms with Gasteiger partial charge in [-0.25, -0.2) is 4.98 Å². The van der Waals surface area contributed by atoms with Crippen molar-refractivity contribution in [2.24, 2.45) is 0 Å². The van der Waals surface area contributed by atoms with Crippen LogP contribution in [-0.4, -0.2) is 36.6 Å². The fourth-order valence-electron chi connectivity index (χ4n) is 3.39. The molecule has 7 nitrogen and oxygen atoms in total. The largest absolute Gasteiger partial charge is 0.352 e. The number of hydrogen-bond acceptors (Lipinski definition) is 4. The SMILES string of the molecule is O=C(NCCc1nnc2ccccn12)c1ccc(-n2cnc3ccccc32)cc1. The van der Waals surface area contributed by atoms with E-state index in [0.29, 0.717) is 18.5 Å². The van der Waals surface area contributed by atoms with Gasteiger partial charge >= 0.3 is 0 Å². The van der Waals surface area contributed by atoms with Crippen LogP contribution in [0.25, 0.3) is 22.4 Å². The molecule has 2 aromatic carbocycles. The Morgan fingerprint density at radius 2 is 1.76 bits per heavy atom. The molecule has 0 unspecified atom stereocenters. The van der Waals surface area contributed by atoms with Crippen molar-refractivity contribution in [3.8, 4) is 5.69 Å². The van der Waals surface area contributed by atoms with Gasteiger partial charge in [-0.1, -0.05) is 18.2 Å². The summed E-state index contributed by atoms with van der Waals surface area (Å²) in [5, 5.41) is 11.3. The number of rotatable bonds is 5. The Bertz CT molecular complexity index is 1300. The van der Waals surface area contributed by atoms with E-state index in [1.807, 2.05) is 81.9 Å². The number of nitrogens with zero attached hydrogens (tertiary/aromatic N) is 5. The maximum Gasteiger partial charge on any atom is 0.251 e. The maximum absolute atomic E-state index is 12.5. The van der Waals surface area contributed by atoms with Crippen LogP contribution in [0.15, 0.2) is 79.3 Å². The average molecular weight is 382 g/mol. The fraction of sp³-hybridized carbons (Fsp3) is 0.0909. The van der Waals surface area contributed by atoms with Crippen LogP contribution in [0.5, 0.6) is 0 Å². The van der Waals surface area contributed by atoms with Crippen molar-refractivity contribution < 1.29 is 4.79 Å². The first kappa shape index (κ1) is 17.1. The molecule has 0 bridgehead atoms. The van der Waals surface area contributed by atoms with Gasteiger partial charge in [0.25, 0.3) is 5.91 Å². The molecule has 5 rings (SSSR count). The highest BCUT2D eigenvalue weighted by Crippen LogP contribution is 2.18. The first-order chi connectivity index (χ1) is 14.3. The Balaban J connectivity index is 1.26. The van der Waals surface area contributed by atoms with E-state index in [-0.39, 0.29) is 5.91 Å². The zero-order chi connectivity index (χ0) is 19.6. The molecule has 5 aromatic rings. The molecule has 142 valence electrons. The minimum atomic E-state index is -0.110. The predicted molar refractivity (Wildman–Crippen MR) is 110 cm³/mol. The van der Waals surface area contributed by atoms with Crippen LogP contribution in [-0.2, 0) is 6.42 Å². The summed E-state index contributed by atoms with van der Waals surface area (Å²) in [7, 11) is 0. The monoisotopic (exact) mass is 382 g/mol. The molecular formula is C22H18N6O. The summed E-state index contributed by atoms with van der Waals surface area (Å²) in [6.45, 7) is 0.489. The number of imidazole rings is 1.